The molecule has 0 saturated heterocycles. The minimum absolute atomic E-state index is 0.0412. The van der Waals surface area contributed by atoms with Gasteiger partial charge in [0.1, 0.15) is 0 Å². The lowest BCUT2D eigenvalue weighted by atomic mass is 9.43. The van der Waals surface area contributed by atoms with Crippen molar-refractivity contribution in [1.29, 1.82) is 0 Å². The molecule has 4 saturated carbocycles. The van der Waals surface area contributed by atoms with Crippen LogP contribution in [0.2, 0.25) is 5.02 Å². The fourth-order valence-corrected chi connectivity index (χ4v) is 9.63. The molecule has 0 amide bonds. The van der Waals surface area contributed by atoms with E-state index in [1.54, 1.807) is 11.1 Å². The second-order valence-electron chi connectivity index (χ2n) is 11.9. The maximum Gasteiger partial charge on any atom is 0.0412 e. The van der Waals surface area contributed by atoms with Gasteiger partial charge in [-0.25, -0.2) is 0 Å². The van der Waals surface area contributed by atoms with E-state index < -0.39 is 0 Å². The molecule has 0 atom stereocenters. The highest BCUT2D eigenvalue weighted by molar-refractivity contribution is 6.31. The Morgan fingerprint density at radius 1 is 0.656 bits per heavy atom. The molecule has 32 heavy (non-hydrogen) atoms. The third kappa shape index (κ3) is 1.92. The Labute approximate surface area is 196 Å². The maximum atomic E-state index is 6.68. The predicted octanol–water partition coefficient (Wildman–Crippen LogP) is 8.37. The topological polar surface area (TPSA) is 0 Å². The van der Waals surface area contributed by atoms with Crippen molar-refractivity contribution in [2.75, 3.05) is 0 Å². The Kier molecular flexibility index (Phi) is 3.28. The third-order valence-electron chi connectivity index (χ3n) is 10.3. The quantitative estimate of drug-likeness (QED) is 0.332. The minimum atomic E-state index is 0.0412. The molecule has 0 aromatic heterocycles. The van der Waals surface area contributed by atoms with Gasteiger partial charge in [0.25, 0.3) is 0 Å². The van der Waals surface area contributed by atoms with E-state index in [0.717, 1.165) is 28.7 Å². The average molecular weight is 437 g/mol. The zero-order valence-corrected chi connectivity index (χ0v) is 19.7. The largest absolute Gasteiger partial charge is 0.0843 e. The molecular weight excluding hydrogens is 408 g/mol. The number of halogens is 1. The van der Waals surface area contributed by atoms with Gasteiger partial charge in [-0.15, -0.1) is 0 Å². The molecule has 9 rings (SSSR count). The molecule has 0 radical (unpaired) electrons. The zero-order valence-electron chi connectivity index (χ0n) is 18.9. The van der Waals surface area contributed by atoms with Crippen LogP contribution >= 0.6 is 11.6 Å². The molecule has 3 aromatic carbocycles. The van der Waals surface area contributed by atoms with Crippen LogP contribution in [0.15, 0.2) is 54.6 Å². The lowest BCUT2D eigenvalue weighted by Crippen LogP contribution is -2.55. The van der Waals surface area contributed by atoms with E-state index in [-0.39, 0.29) is 10.8 Å². The zero-order chi connectivity index (χ0) is 21.4. The van der Waals surface area contributed by atoms with Crippen molar-refractivity contribution in [3.63, 3.8) is 0 Å². The van der Waals surface area contributed by atoms with Crippen molar-refractivity contribution >= 4 is 11.6 Å². The number of fused-ring (bicyclic) bond motifs is 7. The Balaban J connectivity index is 1.50. The van der Waals surface area contributed by atoms with Crippen LogP contribution in [-0.2, 0) is 10.8 Å². The highest BCUT2D eigenvalue weighted by Gasteiger charge is 2.62. The van der Waals surface area contributed by atoms with E-state index in [1.807, 2.05) is 0 Å². The van der Waals surface area contributed by atoms with Gasteiger partial charge in [-0.3, -0.25) is 0 Å². The summed E-state index contributed by atoms with van der Waals surface area (Å²) in [5, 5.41) is 0.874. The first-order valence-electron chi connectivity index (χ1n) is 12.6. The number of hydrogen-bond acceptors (Lipinski definition) is 0. The number of rotatable bonds is 0. The minimum Gasteiger partial charge on any atom is -0.0843 e. The van der Waals surface area contributed by atoms with Gasteiger partial charge in [-0.2, -0.15) is 0 Å². The first kappa shape index (κ1) is 18.4. The SMILES string of the molecule is CC1(C)c2ccccc2-c2c1ccc1c2-c2cc(Cl)ccc2C12C1CC3CC(C1)CC2C3. The van der Waals surface area contributed by atoms with E-state index >= 15 is 0 Å². The van der Waals surface area contributed by atoms with E-state index in [2.05, 4.69) is 68.4 Å². The fraction of sp³-hybridized carbons (Fsp3) is 0.419. The van der Waals surface area contributed by atoms with Crippen molar-refractivity contribution < 1.29 is 0 Å². The summed E-state index contributed by atoms with van der Waals surface area (Å²) in [6, 6.07) is 21.0. The lowest BCUT2D eigenvalue weighted by molar-refractivity contribution is -0.0399. The summed E-state index contributed by atoms with van der Waals surface area (Å²) >= 11 is 6.68. The van der Waals surface area contributed by atoms with Crippen molar-refractivity contribution in [3.05, 3.63) is 81.9 Å². The van der Waals surface area contributed by atoms with Crippen LogP contribution in [0.1, 0.15) is 68.2 Å². The van der Waals surface area contributed by atoms with E-state index in [0.29, 0.717) is 0 Å². The Bertz CT molecular complexity index is 1300. The summed E-state index contributed by atoms with van der Waals surface area (Å²) in [6.45, 7) is 4.80. The predicted molar refractivity (Wildman–Crippen MR) is 132 cm³/mol. The van der Waals surface area contributed by atoms with Crippen molar-refractivity contribution in [2.24, 2.45) is 23.7 Å². The first-order valence-corrected chi connectivity index (χ1v) is 13.0. The Morgan fingerprint density at radius 2 is 1.28 bits per heavy atom. The molecule has 1 spiro atoms. The van der Waals surface area contributed by atoms with Gasteiger partial charge >= 0.3 is 0 Å². The maximum absolute atomic E-state index is 6.68. The molecule has 6 aliphatic carbocycles. The fourth-order valence-electron chi connectivity index (χ4n) is 9.46. The molecule has 0 aliphatic heterocycles. The molecule has 4 bridgehead atoms. The summed E-state index contributed by atoms with van der Waals surface area (Å²) in [6.07, 6.45) is 7.19. The summed E-state index contributed by atoms with van der Waals surface area (Å²) in [7, 11) is 0. The molecular formula is C31H29Cl. The van der Waals surface area contributed by atoms with Crippen molar-refractivity contribution in [2.45, 2.75) is 56.8 Å². The lowest BCUT2D eigenvalue weighted by Gasteiger charge is -2.61. The highest BCUT2D eigenvalue weighted by atomic mass is 35.5. The summed E-state index contributed by atoms with van der Waals surface area (Å²) in [5.74, 6) is 3.53. The molecule has 3 aromatic rings. The van der Waals surface area contributed by atoms with Crippen LogP contribution < -0.4 is 0 Å². The summed E-state index contributed by atoms with van der Waals surface area (Å²) in [4.78, 5) is 0. The normalized spacial score (nSPS) is 33.8. The Hall–Kier alpha value is -2.05. The smallest absolute Gasteiger partial charge is 0.0412 e. The van der Waals surface area contributed by atoms with E-state index in [4.69, 9.17) is 11.6 Å². The van der Waals surface area contributed by atoms with E-state index in [1.165, 1.54) is 65.5 Å². The van der Waals surface area contributed by atoms with Crippen LogP contribution in [0.4, 0.5) is 0 Å². The molecule has 6 aliphatic rings. The van der Waals surface area contributed by atoms with Crippen LogP contribution in [-0.4, -0.2) is 0 Å². The molecule has 0 N–H and O–H groups in total. The highest BCUT2D eigenvalue weighted by Crippen LogP contribution is 2.71. The second kappa shape index (κ2) is 5.71. The monoisotopic (exact) mass is 436 g/mol. The van der Waals surface area contributed by atoms with Gasteiger partial charge < -0.3 is 0 Å². The van der Waals surface area contributed by atoms with Gasteiger partial charge in [-0.05, 0) is 112 Å². The molecule has 0 heterocycles. The Morgan fingerprint density at radius 3 is 2.03 bits per heavy atom. The van der Waals surface area contributed by atoms with Gasteiger partial charge in [0.2, 0.25) is 0 Å². The summed E-state index contributed by atoms with van der Waals surface area (Å²) in [5.41, 5.74) is 12.3. The van der Waals surface area contributed by atoms with Crippen LogP contribution in [0.5, 0.6) is 0 Å². The molecule has 1 heteroatoms. The first-order chi connectivity index (χ1) is 15.5. The summed E-state index contributed by atoms with van der Waals surface area (Å²) < 4.78 is 0. The standard InChI is InChI=1S/C31H29Cl/c1-30(2)24-6-4-3-5-22(24)28-26(30)9-10-27-29(28)23-16-21(32)7-8-25(23)31(27)19-12-17-11-18(14-19)15-20(31)13-17/h3-10,16-20H,11-15H2,1-2H3. The number of benzene rings is 3. The molecule has 4 fully saturated rings. The van der Waals surface area contributed by atoms with Crippen molar-refractivity contribution in [1.82, 2.24) is 0 Å². The van der Waals surface area contributed by atoms with Gasteiger partial charge in [0.05, 0.1) is 0 Å². The van der Waals surface area contributed by atoms with Crippen LogP contribution in [0, 0.1) is 23.7 Å². The second-order valence-corrected chi connectivity index (χ2v) is 12.4. The molecule has 160 valence electrons. The third-order valence-corrected chi connectivity index (χ3v) is 10.6. The van der Waals surface area contributed by atoms with Gasteiger partial charge in [0.15, 0.2) is 0 Å². The number of hydrogen-bond donors (Lipinski definition) is 0. The average Bonchev–Trinajstić information content (AvgIpc) is 3.19. The van der Waals surface area contributed by atoms with Crippen molar-refractivity contribution in [3.8, 4) is 22.3 Å². The van der Waals surface area contributed by atoms with Crippen LogP contribution in [0.3, 0.4) is 0 Å². The van der Waals surface area contributed by atoms with Gasteiger partial charge in [0, 0.05) is 15.9 Å². The van der Waals surface area contributed by atoms with Crippen LogP contribution in [0.25, 0.3) is 22.3 Å². The molecule has 0 unspecified atom stereocenters. The molecule has 0 nitrogen and oxygen atoms in total. The van der Waals surface area contributed by atoms with E-state index in [9.17, 15) is 0 Å². The van der Waals surface area contributed by atoms with Gasteiger partial charge in [-0.1, -0.05) is 67.9 Å².